The predicted molar refractivity (Wildman–Crippen MR) is 45.4 cm³/mol. The second-order valence-electron chi connectivity index (χ2n) is 2.71. The topological polar surface area (TPSA) is 38.3 Å². The maximum atomic E-state index is 10.8. The molecule has 0 aliphatic rings. The van der Waals surface area contributed by atoms with Crippen LogP contribution < -0.4 is 5.32 Å². The van der Waals surface area contributed by atoms with Crippen molar-refractivity contribution in [1.29, 1.82) is 0 Å². The summed E-state index contributed by atoms with van der Waals surface area (Å²) in [7, 11) is 0.586. The lowest BCUT2D eigenvalue weighted by Crippen LogP contribution is -2.21. The van der Waals surface area contributed by atoms with Gasteiger partial charge in [0.05, 0.1) is 6.54 Å². The Morgan fingerprint density at radius 2 is 2.00 bits per heavy atom. The standard InChI is InChI=1S/C6H15NO2S/c1-7-5-6(8)9-10(2,3)4/h7H,5H2,1-4H3. The molecule has 0 heterocycles. The third-order valence-electron chi connectivity index (χ3n) is 0.664. The van der Waals surface area contributed by atoms with E-state index in [2.05, 4.69) is 5.32 Å². The first-order valence-electron chi connectivity index (χ1n) is 3.01. The van der Waals surface area contributed by atoms with Gasteiger partial charge in [-0.3, -0.25) is 0 Å². The summed E-state index contributed by atoms with van der Waals surface area (Å²) in [5.74, 6) is -0.176. The number of hydrogen-bond acceptors (Lipinski definition) is 3. The van der Waals surface area contributed by atoms with Gasteiger partial charge in [-0.15, -0.1) is 0 Å². The van der Waals surface area contributed by atoms with E-state index in [1.54, 1.807) is 7.05 Å². The van der Waals surface area contributed by atoms with Crippen molar-refractivity contribution in [2.24, 2.45) is 0 Å². The summed E-state index contributed by atoms with van der Waals surface area (Å²) in [6.07, 6.45) is 5.79. The van der Waals surface area contributed by atoms with Crippen LogP contribution in [0.5, 0.6) is 0 Å². The summed E-state index contributed by atoms with van der Waals surface area (Å²) in [5.41, 5.74) is 0. The predicted octanol–water partition coefficient (Wildman–Crippen LogP) is 0.358. The van der Waals surface area contributed by atoms with Gasteiger partial charge in [-0.05, 0) is 25.8 Å². The lowest BCUT2D eigenvalue weighted by Gasteiger charge is -2.24. The van der Waals surface area contributed by atoms with Gasteiger partial charge in [0.25, 0.3) is 0 Å². The third kappa shape index (κ3) is 5.91. The Bertz CT molecular complexity index is 119. The van der Waals surface area contributed by atoms with Gasteiger partial charge in [-0.25, -0.2) is 4.79 Å². The number of likely N-dealkylation sites (N-methyl/N-ethyl adjacent to an activating group) is 1. The molecule has 0 aliphatic heterocycles. The van der Waals surface area contributed by atoms with E-state index in [1.165, 1.54) is 0 Å². The summed E-state index contributed by atoms with van der Waals surface area (Å²) in [6, 6.07) is 0. The van der Waals surface area contributed by atoms with Gasteiger partial charge in [0.2, 0.25) is 0 Å². The molecule has 0 bridgehead atoms. The lowest BCUT2D eigenvalue weighted by atomic mass is 10.7. The van der Waals surface area contributed by atoms with Crippen LogP contribution in [0.2, 0.25) is 0 Å². The van der Waals surface area contributed by atoms with Crippen LogP contribution in [0.25, 0.3) is 0 Å². The van der Waals surface area contributed by atoms with Crippen LogP contribution in [0.15, 0.2) is 0 Å². The Balaban J connectivity index is 3.58. The fourth-order valence-electron chi connectivity index (χ4n) is 0.453. The van der Waals surface area contributed by atoms with Crippen molar-refractivity contribution in [2.45, 2.75) is 0 Å². The molecule has 0 aromatic rings. The normalized spacial score (nSPS) is 12.8. The van der Waals surface area contributed by atoms with Crippen LogP contribution in [0.3, 0.4) is 0 Å². The quantitative estimate of drug-likeness (QED) is 0.656. The molecule has 10 heavy (non-hydrogen) atoms. The van der Waals surface area contributed by atoms with Crippen molar-refractivity contribution >= 4 is 16.3 Å². The molecule has 0 radical (unpaired) electrons. The highest BCUT2D eigenvalue weighted by atomic mass is 32.3. The number of nitrogens with one attached hydrogen (secondary N) is 1. The first-order valence-corrected chi connectivity index (χ1v) is 5.79. The molecule has 0 fully saturated rings. The molecule has 0 rings (SSSR count). The maximum absolute atomic E-state index is 10.8. The van der Waals surface area contributed by atoms with Gasteiger partial charge in [-0.2, -0.15) is 0 Å². The second-order valence-corrected chi connectivity index (χ2v) is 6.33. The van der Waals surface area contributed by atoms with Crippen LogP contribution in [-0.2, 0) is 8.98 Å². The van der Waals surface area contributed by atoms with Gasteiger partial charge in [-0.1, -0.05) is 10.3 Å². The first-order chi connectivity index (χ1) is 4.45. The first kappa shape index (κ1) is 9.78. The number of rotatable bonds is 3. The van der Waals surface area contributed by atoms with E-state index in [-0.39, 0.29) is 5.97 Å². The Morgan fingerprint density at radius 1 is 1.50 bits per heavy atom. The summed E-state index contributed by atoms with van der Waals surface area (Å²) < 4.78 is 5.06. The molecular formula is C6H15NO2S. The molecule has 0 aromatic heterocycles. The zero-order chi connectivity index (χ0) is 8.20. The van der Waals surface area contributed by atoms with Gasteiger partial charge in [0.1, 0.15) is 0 Å². The van der Waals surface area contributed by atoms with E-state index in [4.69, 9.17) is 4.18 Å². The molecule has 3 nitrogen and oxygen atoms in total. The number of carbonyl (C=O) groups is 1. The molecule has 4 heteroatoms. The fraction of sp³-hybridized carbons (Fsp3) is 0.833. The minimum Gasteiger partial charge on any atom is -0.415 e. The molecule has 0 saturated carbocycles. The monoisotopic (exact) mass is 165 g/mol. The lowest BCUT2D eigenvalue weighted by molar-refractivity contribution is -0.132. The van der Waals surface area contributed by atoms with E-state index < -0.39 is 10.3 Å². The Morgan fingerprint density at radius 3 is 2.30 bits per heavy atom. The Labute approximate surface area is 63.7 Å². The highest BCUT2D eigenvalue weighted by Gasteiger charge is 2.09. The Hall–Kier alpha value is -0.220. The van der Waals surface area contributed by atoms with Crippen LogP contribution in [-0.4, -0.2) is 38.3 Å². The molecule has 0 spiro atoms. The summed E-state index contributed by atoms with van der Waals surface area (Å²) in [4.78, 5) is 10.8. The highest BCUT2D eigenvalue weighted by Crippen LogP contribution is 2.35. The minimum atomic E-state index is -1.14. The van der Waals surface area contributed by atoms with Crippen LogP contribution in [0.1, 0.15) is 0 Å². The van der Waals surface area contributed by atoms with E-state index in [1.807, 2.05) is 18.8 Å². The zero-order valence-corrected chi connectivity index (χ0v) is 7.75. The van der Waals surface area contributed by atoms with Crippen molar-refractivity contribution in [2.75, 3.05) is 32.4 Å². The molecule has 0 atom stereocenters. The second kappa shape index (κ2) is 3.83. The third-order valence-corrected chi connectivity index (χ3v) is 1.35. The van der Waals surface area contributed by atoms with Crippen molar-refractivity contribution in [3.8, 4) is 0 Å². The van der Waals surface area contributed by atoms with E-state index in [0.717, 1.165) is 0 Å². The van der Waals surface area contributed by atoms with E-state index >= 15 is 0 Å². The molecule has 0 aromatic carbocycles. The van der Waals surface area contributed by atoms with E-state index in [0.29, 0.717) is 6.54 Å². The van der Waals surface area contributed by atoms with Crippen LogP contribution in [0, 0.1) is 0 Å². The van der Waals surface area contributed by atoms with Gasteiger partial charge < -0.3 is 9.50 Å². The molecule has 0 amide bonds. The van der Waals surface area contributed by atoms with Crippen LogP contribution in [0.4, 0.5) is 0 Å². The summed E-state index contributed by atoms with van der Waals surface area (Å²) in [6.45, 7) is 0.296. The summed E-state index contributed by atoms with van der Waals surface area (Å²) >= 11 is 0. The van der Waals surface area contributed by atoms with Crippen molar-refractivity contribution in [1.82, 2.24) is 5.32 Å². The van der Waals surface area contributed by atoms with Crippen LogP contribution >= 0.6 is 10.3 Å². The maximum Gasteiger partial charge on any atom is 0.330 e. The average Bonchev–Trinajstić information content (AvgIpc) is 1.59. The SMILES string of the molecule is CNCC(=O)OS(C)(C)C. The molecule has 0 unspecified atom stereocenters. The van der Waals surface area contributed by atoms with Crippen molar-refractivity contribution in [3.63, 3.8) is 0 Å². The van der Waals surface area contributed by atoms with E-state index in [9.17, 15) is 4.79 Å². The molecule has 0 aliphatic carbocycles. The minimum absolute atomic E-state index is 0.176. The van der Waals surface area contributed by atoms with Gasteiger partial charge in [0, 0.05) is 0 Å². The smallest absolute Gasteiger partial charge is 0.330 e. The molecule has 0 saturated heterocycles. The van der Waals surface area contributed by atoms with Gasteiger partial charge in [0.15, 0.2) is 0 Å². The number of hydrogen-bond donors (Lipinski definition) is 1. The molecular weight excluding hydrogens is 150 g/mol. The average molecular weight is 165 g/mol. The Kier molecular flexibility index (Phi) is 3.75. The zero-order valence-electron chi connectivity index (χ0n) is 6.93. The highest BCUT2D eigenvalue weighted by molar-refractivity contribution is 8.28. The largest absolute Gasteiger partial charge is 0.415 e. The molecule has 62 valence electrons. The fourth-order valence-corrected chi connectivity index (χ4v) is 1.07. The number of carbonyl (C=O) groups excluding carboxylic acids is 1. The van der Waals surface area contributed by atoms with Crippen molar-refractivity contribution < 1.29 is 8.98 Å². The van der Waals surface area contributed by atoms with Gasteiger partial charge >= 0.3 is 5.97 Å². The summed E-state index contributed by atoms with van der Waals surface area (Å²) in [5, 5.41) is 2.73. The molecule has 1 N–H and O–H groups in total. The van der Waals surface area contributed by atoms with Crippen molar-refractivity contribution in [3.05, 3.63) is 0 Å².